The average Bonchev–Trinajstić information content (AvgIpc) is 2.60. The minimum absolute atomic E-state index is 0.395. The van der Waals surface area contributed by atoms with Crippen LogP contribution in [0, 0.1) is 11.3 Å². The topological polar surface area (TPSA) is 43.2 Å². The number of anilines is 1. The summed E-state index contributed by atoms with van der Waals surface area (Å²) < 4.78 is 0. The minimum Gasteiger partial charge on any atom is -0.351 e. The SMILES string of the molecule is CCC1CN(C)CCCN1c1nccc(C#N)c1Cl. The van der Waals surface area contributed by atoms with E-state index in [1.165, 1.54) is 0 Å². The lowest BCUT2D eigenvalue weighted by molar-refractivity contribution is 0.327. The summed E-state index contributed by atoms with van der Waals surface area (Å²) in [5.74, 6) is 0.753. The number of aromatic nitrogens is 1. The highest BCUT2D eigenvalue weighted by molar-refractivity contribution is 6.34. The molecule has 0 aliphatic carbocycles. The number of rotatable bonds is 2. The fraction of sp³-hybridized carbons (Fsp3) is 0.571. The molecular weight excluding hydrogens is 260 g/mol. The van der Waals surface area contributed by atoms with Crippen LogP contribution in [0.25, 0.3) is 0 Å². The largest absolute Gasteiger partial charge is 0.351 e. The molecular formula is C14H19ClN4. The van der Waals surface area contributed by atoms with Crippen molar-refractivity contribution in [2.75, 3.05) is 31.6 Å². The van der Waals surface area contributed by atoms with Gasteiger partial charge in [0.25, 0.3) is 0 Å². The predicted molar refractivity (Wildman–Crippen MR) is 77.5 cm³/mol. The molecule has 1 aliphatic heterocycles. The Kier molecular flexibility index (Phi) is 4.62. The fourth-order valence-corrected chi connectivity index (χ4v) is 2.85. The zero-order valence-electron chi connectivity index (χ0n) is 11.4. The third-order valence-corrected chi connectivity index (χ3v) is 4.01. The molecule has 0 radical (unpaired) electrons. The van der Waals surface area contributed by atoms with Crippen molar-refractivity contribution in [3.63, 3.8) is 0 Å². The maximum absolute atomic E-state index is 9.07. The lowest BCUT2D eigenvalue weighted by Crippen LogP contribution is -2.40. The van der Waals surface area contributed by atoms with Gasteiger partial charge in [0.1, 0.15) is 16.9 Å². The lowest BCUT2D eigenvalue weighted by atomic mass is 10.1. The Balaban J connectivity index is 2.36. The van der Waals surface area contributed by atoms with Gasteiger partial charge in [0, 0.05) is 25.3 Å². The van der Waals surface area contributed by atoms with Crippen LogP contribution < -0.4 is 4.90 Å². The molecule has 1 unspecified atom stereocenters. The second-order valence-electron chi connectivity index (χ2n) is 4.98. The quantitative estimate of drug-likeness (QED) is 0.834. The Hall–Kier alpha value is -1.31. The summed E-state index contributed by atoms with van der Waals surface area (Å²) in [6, 6.07) is 4.18. The van der Waals surface area contributed by atoms with Crippen molar-refractivity contribution in [2.45, 2.75) is 25.8 Å². The maximum Gasteiger partial charge on any atom is 0.149 e. The van der Waals surface area contributed by atoms with E-state index in [9.17, 15) is 0 Å². The molecule has 0 N–H and O–H groups in total. The Morgan fingerprint density at radius 2 is 2.32 bits per heavy atom. The van der Waals surface area contributed by atoms with Gasteiger partial charge in [0.15, 0.2) is 0 Å². The Morgan fingerprint density at radius 3 is 3.00 bits per heavy atom. The van der Waals surface area contributed by atoms with Gasteiger partial charge in [0.05, 0.1) is 5.56 Å². The Bertz CT molecular complexity index is 483. The first-order valence-corrected chi connectivity index (χ1v) is 7.05. The summed E-state index contributed by atoms with van der Waals surface area (Å²) in [6.45, 7) is 5.21. The number of nitrogens with zero attached hydrogens (tertiary/aromatic N) is 4. The number of pyridine rings is 1. The summed E-state index contributed by atoms with van der Waals surface area (Å²) in [7, 11) is 2.15. The summed E-state index contributed by atoms with van der Waals surface area (Å²) >= 11 is 6.31. The molecule has 2 heterocycles. The molecule has 1 fully saturated rings. The number of nitriles is 1. The molecule has 0 spiro atoms. The zero-order chi connectivity index (χ0) is 13.8. The molecule has 1 atom stereocenters. The second kappa shape index (κ2) is 6.23. The van der Waals surface area contributed by atoms with E-state index in [1.807, 2.05) is 0 Å². The van der Waals surface area contributed by atoms with Crippen LogP contribution >= 0.6 is 11.6 Å². The standard InChI is InChI=1S/C14H19ClN4/c1-3-12-10-18(2)7-4-8-19(12)14-13(15)11(9-16)5-6-17-14/h5-6,12H,3-4,7-8,10H2,1-2H3. The van der Waals surface area contributed by atoms with Crippen LogP contribution in [-0.4, -0.2) is 42.6 Å². The van der Waals surface area contributed by atoms with E-state index < -0.39 is 0 Å². The van der Waals surface area contributed by atoms with Crippen LogP contribution in [0.1, 0.15) is 25.3 Å². The van der Waals surface area contributed by atoms with E-state index in [1.54, 1.807) is 12.3 Å². The van der Waals surface area contributed by atoms with Gasteiger partial charge in [-0.1, -0.05) is 18.5 Å². The predicted octanol–water partition coefficient (Wildman–Crippen LogP) is 2.53. The van der Waals surface area contributed by atoms with E-state index in [4.69, 9.17) is 16.9 Å². The Labute approximate surface area is 119 Å². The van der Waals surface area contributed by atoms with Crippen molar-refractivity contribution >= 4 is 17.4 Å². The molecule has 1 aromatic rings. The highest BCUT2D eigenvalue weighted by Crippen LogP contribution is 2.29. The number of hydrogen-bond acceptors (Lipinski definition) is 4. The van der Waals surface area contributed by atoms with Crippen LogP contribution in [-0.2, 0) is 0 Å². The normalized spacial score (nSPS) is 20.9. The first-order chi connectivity index (χ1) is 9.17. The van der Waals surface area contributed by atoms with Crippen molar-refractivity contribution in [3.05, 3.63) is 22.8 Å². The third-order valence-electron chi connectivity index (χ3n) is 3.64. The van der Waals surface area contributed by atoms with Gasteiger partial charge in [-0.2, -0.15) is 5.26 Å². The molecule has 4 nitrogen and oxygen atoms in total. The summed E-state index contributed by atoms with van der Waals surface area (Å²) in [5.41, 5.74) is 0.499. The minimum atomic E-state index is 0.395. The smallest absolute Gasteiger partial charge is 0.149 e. The van der Waals surface area contributed by atoms with Crippen molar-refractivity contribution in [2.24, 2.45) is 0 Å². The van der Waals surface area contributed by atoms with Crippen molar-refractivity contribution < 1.29 is 0 Å². The number of likely N-dealkylation sites (N-methyl/N-ethyl adjacent to an activating group) is 1. The molecule has 0 amide bonds. The molecule has 0 saturated carbocycles. The average molecular weight is 279 g/mol. The van der Waals surface area contributed by atoms with E-state index in [2.05, 4.69) is 34.8 Å². The lowest BCUT2D eigenvalue weighted by Gasteiger charge is -2.31. The summed E-state index contributed by atoms with van der Waals surface area (Å²) in [5, 5.41) is 9.55. The van der Waals surface area contributed by atoms with Gasteiger partial charge < -0.3 is 9.80 Å². The molecule has 5 heteroatoms. The monoisotopic (exact) mass is 278 g/mol. The van der Waals surface area contributed by atoms with Crippen LogP contribution in [0.5, 0.6) is 0 Å². The van der Waals surface area contributed by atoms with E-state index in [0.29, 0.717) is 16.6 Å². The molecule has 1 aromatic heterocycles. The van der Waals surface area contributed by atoms with E-state index in [0.717, 1.165) is 38.3 Å². The van der Waals surface area contributed by atoms with Crippen molar-refractivity contribution in [1.29, 1.82) is 5.26 Å². The van der Waals surface area contributed by atoms with Crippen LogP contribution in [0.2, 0.25) is 5.02 Å². The summed E-state index contributed by atoms with van der Waals surface area (Å²) in [4.78, 5) is 9.00. The van der Waals surface area contributed by atoms with Gasteiger partial charge in [-0.3, -0.25) is 0 Å². The fourth-order valence-electron chi connectivity index (χ4n) is 2.59. The molecule has 1 saturated heterocycles. The van der Waals surface area contributed by atoms with E-state index in [-0.39, 0.29) is 0 Å². The molecule has 2 rings (SSSR count). The second-order valence-corrected chi connectivity index (χ2v) is 5.36. The zero-order valence-corrected chi connectivity index (χ0v) is 12.2. The van der Waals surface area contributed by atoms with Crippen LogP contribution in [0.15, 0.2) is 12.3 Å². The van der Waals surface area contributed by atoms with Crippen LogP contribution in [0.3, 0.4) is 0 Å². The third kappa shape index (κ3) is 2.99. The van der Waals surface area contributed by atoms with Gasteiger partial charge in [-0.05, 0) is 32.5 Å². The van der Waals surface area contributed by atoms with E-state index >= 15 is 0 Å². The molecule has 19 heavy (non-hydrogen) atoms. The molecule has 1 aliphatic rings. The highest BCUT2D eigenvalue weighted by Gasteiger charge is 2.25. The van der Waals surface area contributed by atoms with Gasteiger partial charge >= 0.3 is 0 Å². The molecule has 0 aromatic carbocycles. The maximum atomic E-state index is 9.07. The summed E-state index contributed by atoms with van der Waals surface area (Å²) in [6.07, 6.45) is 3.79. The van der Waals surface area contributed by atoms with Gasteiger partial charge in [-0.25, -0.2) is 4.98 Å². The molecule has 0 bridgehead atoms. The molecule has 102 valence electrons. The highest BCUT2D eigenvalue weighted by atomic mass is 35.5. The first-order valence-electron chi connectivity index (χ1n) is 6.67. The van der Waals surface area contributed by atoms with Crippen molar-refractivity contribution in [3.8, 4) is 6.07 Å². The number of hydrogen-bond donors (Lipinski definition) is 0. The van der Waals surface area contributed by atoms with Crippen molar-refractivity contribution in [1.82, 2.24) is 9.88 Å². The number of halogens is 1. The Morgan fingerprint density at radius 1 is 1.53 bits per heavy atom. The first kappa shape index (κ1) is 14.1. The van der Waals surface area contributed by atoms with Gasteiger partial charge in [-0.15, -0.1) is 0 Å². The van der Waals surface area contributed by atoms with Gasteiger partial charge in [0.2, 0.25) is 0 Å². The van der Waals surface area contributed by atoms with Crippen LogP contribution in [0.4, 0.5) is 5.82 Å².